The third kappa shape index (κ3) is 2.82. The van der Waals surface area contributed by atoms with Crippen LogP contribution in [0.1, 0.15) is 12.5 Å². The van der Waals surface area contributed by atoms with E-state index in [0.29, 0.717) is 18.1 Å². The second-order valence-electron chi connectivity index (χ2n) is 6.04. The summed E-state index contributed by atoms with van der Waals surface area (Å²) in [5, 5.41) is 4.17. The first kappa shape index (κ1) is 17.1. The highest BCUT2D eigenvalue weighted by atomic mass is 19.4. The molecule has 0 amide bonds. The number of pyridine rings is 2. The van der Waals surface area contributed by atoms with E-state index < -0.39 is 17.4 Å². The Bertz CT molecular complexity index is 1090. The Morgan fingerprint density at radius 3 is 2.52 bits per heavy atom. The van der Waals surface area contributed by atoms with Crippen LogP contribution < -0.4 is 0 Å². The molecule has 0 bridgehead atoms. The second kappa shape index (κ2) is 5.86. The molecule has 0 radical (unpaired) electrons. The van der Waals surface area contributed by atoms with Gasteiger partial charge in [0.25, 0.3) is 0 Å². The molecule has 0 aromatic carbocycles. The van der Waals surface area contributed by atoms with Crippen LogP contribution in [0.3, 0.4) is 0 Å². The van der Waals surface area contributed by atoms with Crippen LogP contribution in [-0.2, 0) is 5.67 Å². The molecule has 0 aliphatic rings. The van der Waals surface area contributed by atoms with Crippen molar-refractivity contribution in [1.29, 1.82) is 0 Å². The van der Waals surface area contributed by atoms with Crippen LogP contribution in [0.25, 0.3) is 28.1 Å². The lowest BCUT2D eigenvalue weighted by molar-refractivity contribution is -0.228. The third-order valence-electron chi connectivity index (χ3n) is 4.27. The lowest BCUT2D eigenvalue weighted by Gasteiger charge is -2.23. The SMILES string of the molecule is CC(F)(c1ccc(-n2cc(-c3ccnc4[nH]cnc34)cn2)nc1)C(F)(F)F. The number of H-pyrrole nitrogens is 1. The van der Waals surface area contributed by atoms with Crippen molar-refractivity contribution in [2.45, 2.75) is 18.8 Å². The highest BCUT2D eigenvalue weighted by Crippen LogP contribution is 2.41. The Labute approximate surface area is 149 Å². The molecular weight excluding hydrogens is 364 g/mol. The highest BCUT2D eigenvalue weighted by molar-refractivity contribution is 5.88. The van der Waals surface area contributed by atoms with Crippen molar-refractivity contribution in [2.24, 2.45) is 0 Å². The summed E-state index contributed by atoms with van der Waals surface area (Å²) < 4.78 is 53.8. The van der Waals surface area contributed by atoms with Crippen molar-refractivity contribution in [3.8, 4) is 16.9 Å². The fraction of sp³-hybridized carbons (Fsp3) is 0.176. The van der Waals surface area contributed by atoms with E-state index in [9.17, 15) is 17.6 Å². The number of alkyl halides is 4. The fourth-order valence-electron chi connectivity index (χ4n) is 2.63. The zero-order valence-electron chi connectivity index (χ0n) is 13.9. The summed E-state index contributed by atoms with van der Waals surface area (Å²) in [6.45, 7) is 0.467. The minimum absolute atomic E-state index is 0.260. The van der Waals surface area contributed by atoms with E-state index in [0.717, 1.165) is 23.4 Å². The van der Waals surface area contributed by atoms with E-state index in [2.05, 4.69) is 25.0 Å². The highest BCUT2D eigenvalue weighted by Gasteiger charge is 2.53. The molecule has 1 N–H and O–H groups in total. The quantitative estimate of drug-likeness (QED) is 0.550. The number of nitrogens with one attached hydrogen (secondary N) is 1. The maximum Gasteiger partial charge on any atom is 0.426 e. The molecule has 0 spiro atoms. The molecule has 10 heteroatoms. The predicted molar refractivity (Wildman–Crippen MR) is 88.8 cm³/mol. The van der Waals surface area contributed by atoms with Gasteiger partial charge in [-0.05, 0) is 19.1 Å². The molecule has 0 saturated carbocycles. The first-order valence-corrected chi connectivity index (χ1v) is 7.83. The van der Waals surface area contributed by atoms with Gasteiger partial charge >= 0.3 is 6.18 Å². The topological polar surface area (TPSA) is 72.3 Å². The number of aromatic amines is 1. The van der Waals surface area contributed by atoms with Gasteiger partial charge in [0.15, 0.2) is 11.5 Å². The van der Waals surface area contributed by atoms with Crippen molar-refractivity contribution in [1.82, 2.24) is 29.7 Å². The van der Waals surface area contributed by atoms with Crippen molar-refractivity contribution in [3.05, 3.63) is 54.9 Å². The van der Waals surface area contributed by atoms with Crippen LogP contribution >= 0.6 is 0 Å². The van der Waals surface area contributed by atoms with E-state index in [1.165, 1.54) is 17.1 Å². The van der Waals surface area contributed by atoms with Crippen LogP contribution in [0.2, 0.25) is 0 Å². The van der Waals surface area contributed by atoms with Crippen LogP contribution in [0.5, 0.6) is 0 Å². The lowest BCUT2D eigenvalue weighted by Crippen LogP contribution is -2.35. The molecule has 0 saturated heterocycles. The first-order valence-electron chi connectivity index (χ1n) is 7.83. The van der Waals surface area contributed by atoms with Gasteiger partial charge in [-0.25, -0.2) is 24.0 Å². The molecule has 27 heavy (non-hydrogen) atoms. The van der Waals surface area contributed by atoms with Crippen LogP contribution in [-0.4, -0.2) is 35.9 Å². The Morgan fingerprint density at radius 2 is 1.81 bits per heavy atom. The Balaban J connectivity index is 1.67. The van der Waals surface area contributed by atoms with Crippen LogP contribution in [0.15, 0.2) is 49.3 Å². The van der Waals surface area contributed by atoms with Crippen molar-refractivity contribution < 1.29 is 17.6 Å². The molecule has 4 aromatic rings. The zero-order valence-corrected chi connectivity index (χ0v) is 13.9. The van der Waals surface area contributed by atoms with E-state index in [1.807, 2.05) is 0 Å². The number of halogens is 4. The average Bonchev–Trinajstić information content (AvgIpc) is 3.30. The summed E-state index contributed by atoms with van der Waals surface area (Å²) in [5.74, 6) is 0.260. The van der Waals surface area contributed by atoms with Crippen molar-refractivity contribution in [2.75, 3.05) is 0 Å². The number of hydrogen-bond donors (Lipinski definition) is 1. The Kier molecular flexibility index (Phi) is 3.72. The first-order chi connectivity index (χ1) is 12.8. The monoisotopic (exact) mass is 376 g/mol. The minimum Gasteiger partial charge on any atom is -0.329 e. The van der Waals surface area contributed by atoms with Gasteiger partial charge in [-0.15, -0.1) is 0 Å². The van der Waals surface area contributed by atoms with Crippen molar-refractivity contribution >= 4 is 11.2 Å². The molecule has 6 nitrogen and oxygen atoms in total. The molecule has 0 fully saturated rings. The summed E-state index contributed by atoms with van der Waals surface area (Å²) in [7, 11) is 0. The van der Waals surface area contributed by atoms with Gasteiger partial charge < -0.3 is 4.98 Å². The number of aromatic nitrogens is 6. The molecule has 4 heterocycles. The van der Waals surface area contributed by atoms with Gasteiger partial charge in [-0.3, -0.25) is 0 Å². The molecule has 1 unspecified atom stereocenters. The predicted octanol–water partition coefficient (Wildman–Crippen LogP) is 3.95. The number of rotatable bonds is 3. The molecule has 0 aliphatic carbocycles. The maximum atomic E-state index is 14.0. The summed E-state index contributed by atoms with van der Waals surface area (Å²) >= 11 is 0. The molecule has 4 rings (SSSR count). The van der Waals surface area contributed by atoms with E-state index in [-0.39, 0.29) is 5.82 Å². The van der Waals surface area contributed by atoms with Gasteiger partial charge in [0.2, 0.25) is 5.67 Å². The van der Waals surface area contributed by atoms with Gasteiger partial charge in [0.1, 0.15) is 5.52 Å². The molecule has 1 atom stereocenters. The minimum atomic E-state index is -5.02. The number of fused-ring (bicyclic) bond motifs is 1. The van der Waals surface area contributed by atoms with Crippen LogP contribution in [0.4, 0.5) is 17.6 Å². The third-order valence-corrected chi connectivity index (χ3v) is 4.27. The van der Waals surface area contributed by atoms with Crippen LogP contribution in [0, 0.1) is 0 Å². The van der Waals surface area contributed by atoms with E-state index >= 15 is 0 Å². The van der Waals surface area contributed by atoms with Gasteiger partial charge in [-0.2, -0.15) is 18.3 Å². The number of hydrogen-bond acceptors (Lipinski definition) is 4. The Morgan fingerprint density at radius 1 is 1.00 bits per heavy atom. The van der Waals surface area contributed by atoms with Crippen molar-refractivity contribution in [3.63, 3.8) is 0 Å². The fourth-order valence-corrected chi connectivity index (χ4v) is 2.63. The van der Waals surface area contributed by atoms with E-state index in [1.54, 1.807) is 24.7 Å². The summed E-state index contributed by atoms with van der Waals surface area (Å²) in [5.41, 5.74) is -1.24. The zero-order chi connectivity index (χ0) is 19.2. The maximum absolute atomic E-state index is 14.0. The molecular formula is C17H12F4N6. The van der Waals surface area contributed by atoms with Gasteiger partial charge in [-0.1, -0.05) is 6.07 Å². The number of nitrogens with zero attached hydrogens (tertiary/aromatic N) is 5. The molecule has 4 aromatic heterocycles. The summed E-state index contributed by atoms with van der Waals surface area (Å²) in [4.78, 5) is 15.2. The summed E-state index contributed by atoms with van der Waals surface area (Å²) in [6.07, 6.45) is 2.23. The van der Waals surface area contributed by atoms with Gasteiger partial charge in [0.05, 0.1) is 12.5 Å². The van der Waals surface area contributed by atoms with Gasteiger partial charge in [0, 0.05) is 35.3 Å². The molecule has 0 aliphatic heterocycles. The van der Waals surface area contributed by atoms with E-state index in [4.69, 9.17) is 0 Å². The largest absolute Gasteiger partial charge is 0.426 e. The smallest absolute Gasteiger partial charge is 0.329 e. The molecule has 138 valence electrons. The summed E-state index contributed by atoms with van der Waals surface area (Å²) in [6, 6.07) is 4.11. The average molecular weight is 376 g/mol. The standard InChI is InChI=1S/C17H12F4N6/c1-16(18,17(19,20)21)11-2-3-13(23-7-11)27-8-10(6-26-27)12-4-5-22-15-14(12)24-9-25-15/h2-9H,1H3,(H,22,24,25). The second-order valence-corrected chi connectivity index (χ2v) is 6.04. The Hall–Kier alpha value is -3.30. The normalized spacial score (nSPS) is 14.4. The number of imidazole rings is 1. The lowest BCUT2D eigenvalue weighted by atomic mass is 9.99.